The number of aromatic nitrogens is 1. The molecular weight excluding hydrogens is 172 g/mol. The molecule has 70 valence electrons. The average Bonchev–Trinajstić information content (AvgIpc) is 2.18. The zero-order valence-corrected chi connectivity index (χ0v) is 7.40. The first kappa shape index (κ1) is 9.31. The van der Waals surface area contributed by atoms with Crippen LogP contribution in [-0.4, -0.2) is 25.3 Å². The first-order valence-electron chi connectivity index (χ1n) is 3.62. The Kier molecular flexibility index (Phi) is 3.08. The Hall–Kier alpha value is -1.78. The Morgan fingerprint density at radius 2 is 2.31 bits per heavy atom. The van der Waals surface area contributed by atoms with Crippen LogP contribution in [0, 0.1) is 0 Å². The highest BCUT2D eigenvalue weighted by Crippen LogP contribution is 2.19. The molecule has 1 amide bonds. The van der Waals surface area contributed by atoms with Crippen molar-refractivity contribution in [2.75, 3.05) is 19.5 Å². The van der Waals surface area contributed by atoms with Crippen LogP contribution in [0.3, 0.4) is 0 Å². The van der Waals surface area contributed by atoms with Crippen LogP contribution in [0.1, 0.15) is 0 Å². The van der Waals surface area contributed by atoms with Gasteiger partial charge in [0, 0.05) is 6.20 Å². The van der Waals surface area contributed by atoms with Gasteiger partial charge >= 0.3 is 6.09 Å². The monoisotopic (exact) mass is 182 g/mol. The third kappa shape index (κ3) is 2.33. The highest BCUT2D eigenvalue weighted by Gasteiger charge is 2.06. The van der Waals surface area contributed by atoms with Gasteiger partial charge in [0.25, 0.3) is 0 Å². The Morgan fingerprint density at radius 3 is 2.92 bits per heavy atom. The average molecular weight is 182 g/mol. The van der Waals surface area contributed by atoms with Crippen LogP contribution >= 0.6 is 0 Å². The van der Waals surface area contributed by atoms with Crippen LogP contribution in [0.25, 0.3) is 0 Å². The highest BCUT2D eigenvalue weighted by molar-refractivity contribution is 5.84. The van der Waals surface area contributed by atoms with Gasteiger partial charge < -0.3 is 9.47 Å². The van der Waals surface area contributed by atoms with Crippen molar-refractivity contribution in [1.29, 1.82) is 0 Å². The van der Waals surface area contributed by atoms with E-state index < -0.39 is 6.09 Å². The first-order chi connectivity index (χ1) is 6.27. The minimum Gasteiger partial charge on any atom is -0.493 e. The molecule has 5 heteroatoms. The molecule has 13 heavy (non-hydrogen) atoms. The minimum absolute atomic E-state index is 0.344. The summed E-state index contributed by atoms with van der Waals surface area (Å²) in [4.78, 5) is 14.7. The molecule has 0 aromatic carbocycles. The molecule has 0 aliphatic carbocycles. The summed E-state index contributed by atoms with van der Waals surface area (Å²) in [6, 6.07) is 3.40. The van der Waals surface area contributed by atoms with Crippen molar-refractivity contribution in [2.24, 2.45) is 0 Å². The number of anilines is 1. The van der Waals surface area contributed by atoms with E-state index in [0.29, 0.717) is 11.6 Å². The molecule has 0 radical (unpaired) electrons. The lowest BCUT2D eigenvalue weighted by molar-refractivity contribution is 0.186. The lowest BCUT2D eigenvalue weighted by Crippen LogP contribution is -2.12. The van der Waals surface area contributed by atoms with Crippen LogP contribution in [-0.2, 0) is 4.74 Å². The van der Waals surface area contributed by atoms with Gasteiger partial charge in [-0.05, 0) is 12.1 Å². The SMILES string of the molecule is COC(=O)Nc1ncccc1OC. The summed E-state index contributed by atoms with van der Waals surface area (Å²) in [6.45, 7) is 0. The molecule has 1 rings (SSSR count). The fourth-order valence-electron chi connectivity index (χ4n) is 0.797. The van der Waals surface area contributed by atoms with Crippen molar-refractivity contribution in [3.8, 4) is 5.75 Å². The Morgan fingerprint density at radius 1 is 1.54 bits per heavy atom. The van der Waals surface area contributed by atoms with Crippen molar-refractivity contribution in [2.45, 2.75) is 0 Å². The molecule has 0 aliphatic rings. The Labute approximate surface area is 75.7 Å². The molecule has 0 aliphatic heterocycles. The summed E-state index contributed by atoms with van der Waals surface area (Å²) in [6.07, 6.45) is 0.977. The van der Waals surface area contributed by atoms with Crippen LogP contribution < -0.4 is 10.1 Å². The molecule has 0 saturated heterocycles. The van der Waals surface area contributed by atoms with Gasteiger partial charge in [0.15, 0.2) is 11.6 Å². The van der Waals surface area contributed by atoms with Crippen LogP contribution in [0.5, 0.6) is 5.75 Å². The number of carbonyl (C=O) groups is 1. The summed E-state index contributed by atoms with van der Waals surface area (Å²) in [5.41, 5.74) is 0. The number of nitrogens with zero attached hydrogens (tertiary/aromatic N) is 1. The molecule has 0 bridgehead atoms. The molecule has 0 fully saturated rings. The van der Waals surface area contributed by atoms with E-state index in [9.17, 15) is 4.79 Å². The van der Waals surface area contributed by atoms with Gasteiger partial charge in [-0.2, -0.15) is 0 Å². The van der Waals surface area contributed by atoms with E-state index in [-0.39, 0.29) is 0 Å². The van der Waals surface area contributed by atoms with E-state index in [1.54, 1.807) is 18.3 Å². The molecule has 5 nitrogen and oxygen atoms in total. The lowest BCUT2D eigenvalue weighted by atomic mass is 10.4. The number of hydrogen-bond donors (Lipinski definition) is 1. The molecule has 1 N–H and O–H groups in total. The summed E-state index contributed by atoms with van der Waals surface area (Å²) < 4.78 is 9.37. The maximum atomic E-state index is 10.8. The van der Waals surface area contributed by atoms with Gasteiger partial charge in [-0.25, -0.2) is 9.78 Å². The molecule has 0 spiro atoms. The molecule has 0 unspecified atom stereocenters. The van der Waals surface area contributed by atoms with Crippen LogP contribution in [0.2, 0.25) is 0 Å². The number of pyridine rings is 1. The fourth-order valence-corrected chi connectivity index (χ4v) is 0.797. The summed E-state index contributed by atoms with van der Waals surface area (Å²) in [5.74, 6) is 0.838. The second kappa shape index (κ2) is 4.30. The second-order valence-corrected chi connectivity index (χ2v) is 2.17. The maximum Gasteiger partial charge on any atom is 0.412 e. The number of hydrogen-bond acceptors (Lipinski definition) is 4. The van der Waals surface area contributed by atoms with Crippen molar-refractivity contribution < 1.29 is 14.3 Å². The highest BCUT2D eigenvalue weighted by atomic mass is 16.5. The van der Waals surface area contributed by atoms with Crippen molar-refractivity contribution >= 4 is 11.9 Å². The third-order valence-corrected chi connectivity index (χ3v) is 1.40. The second-order valence-electron chi connectivity index (χ2n) is 2.17. The summed E-state index contributed by atoms with van der Waals surface area (Å²) in [5, 5.41) is 2.41. The minimum atomic E-state index is -0.572. The van der Waals surface area contributed by atoms with Crippen molar-refractivity contribution in [3.63, 3.8) is 0 Å². The largest absolute Gasteiger partial charge is 0.493 e. The summed E-state index contributed by atoms with van der Waals surface area (Å²) in [7, 11) is 2.78. The van der Waals surface area contributed by atoms with E-state index >= 15 is 0 Å². The number of rotatable bonds is 2. The number of ether oxygens (including phenoxy) is 2. The van der Waals surface area contributed by atoms with Crippen LogP contribution in [0.4, 0.5) is 10.6 Å². The first-order valence-corrected chi connectivity index (χ1v) is 3.62. The smallest absolute Gasteiger partial charge is 0.412 e. The van der Waals surface area contributed by atoms with E-state index in [1.165, 1.54) is 14.2 Å². The van der Waals surface area contributed by atoms with Gasteiger partial charge in [0.2, 0.25) is 0 Å². The molecular formula is C8H10N2O3. The fraction of sp³-hybridized carbons (Fsp3) is 0.250. The van der Waals surface area contributed by atoms with Crippen molar-refractivity contribution in [3.05, 3.63) is 18.3 Å². The maximum absolute atomic E-state index is 10.8. The van der Waals surface area contributed by atoms with Gasteiger partial charge in [-0.3, -0.25) is 5.32 Å². The van der Waals surface area contributed by atoms with Gasteiger partial charge in [0.05, 0.1) is 14.2 Å². The Bertz CT molecular complexity index is 301. The molecule has 0 saturated carbocycles. The van der Waals surface area contributed by atoms with E-state index in [4.69, 9.17) is 4.74 Å². The molecule has 0 atom stereocenters. The molecule has 1 heterocycles. The lowest BCUT2D eigenvalue weighted by Gasteiger charge is -2.06. The van der Waals surface area contributed by atoms with Gasteiger partial charge in [-0.15, -0.1) is 0 Å². The van der Waals surface area contributed by atoms with Gasteiger partial charge in [0.1, 0.15) is 0 Å². The van der Waals surface area contributed by atoms with Gasteiger partial charge in [-0.1, -0.05) is 0 Å². The standard InChI is InChI=1S/C8H10N2O3/c1-12-6-4-3-5-9-7(6)10-8(11)13-2/h3-5H,1-2H3,(H,9,10,11). The zero-order chi connectivity index (χ0) is 9.68. The number of nitrogens with one attached hydrogen (secondary N) is 1. The van der Waals surface area contributed by atoms with E-state index in [2.05, 4.69) is 15.0 Å². The Balaban J connectivity index is 2.81. The topological polar surface area (TPSA) is 60.5 Å². The third-order valence-electron chi connectivity index (χ3n) is 1.40. The predicted octanol–water partition coefficient (Wildman–Crippen LogP) is 1.27. The predicted molar refractivity (Wildman–Crippen MR) is 46.8 cm³/mol. The number of carbonyl (C=O) groups excluding carboxylic acids is 1. The quantitative estimate of drug-likeness (QED) is 0.748. The normalized spacial score (nSPS) is 9.08. The number of methoxy groups -OCH3 is 2. The zero-order valence-electron chi connectivity index (χ0n) is 7.40. The molecule has 1 aromatic rings. The summed E-state index contributed by atoms with van der Waals surface area (Å²) >= 11 is 0. The van der Waals surface area contributed by atoms with E-state index in [1.807, 2.05) is 0 Å². The van der Waals surface area contributed by atoms with Crippen LogP contribution in [0.15, 0.2) is 18.3 Å². The van der Waals surface area contributed by atoms with Crippen molar-refractivity contribution in [1.82, 2.24) is 4.98 Å². The molecule has 1 aromatic heterocycles. The number of amides is 1. The van der Waals surface area contributed by atoms with E-state index in [0.717, 1.165) is 0 Å².